The average molecular weight is 235 g/mol. The van der Waals surface area contributed by atoms with Crippen molar-refractivity contribution in [1.29, 1.82) is 0 Å². The van der Waals surface area contributed by atoms with Crippen molar-refractivity contribution in [2.75, 3.05) is 13.1 Å². The first-order valence-electron chi connectivity index (χ1n) is 6.71. The summed E-state index contributed by atoms with van der Waals surface area (Å²) in [6, 6.07) is 2.22. The molecule has 1 aromatic heterocycles. The summed E-state index contributed by atoms with van der Waals surface area (Å²) in [6.07, 6.45) is 1.29. The van der Waals surface area contributed by atoms with Crippen molar-refractivity contribution in [2.24, 2.45) is 11.8 Å². The normalized spacial score (nSPS) is 27.8. The zero-order chi connectivity index (χ0) is 12.6. The summed E-state index contributed by atoms with van der Waals surface area (Å²) in [5, 5.41) is 3.57. The summed E-state index contributed by atoms with van der Waals surface area (Å²) in [4.78, 5) is 0. The highest BCUT2D eigenvalue weighted by Gasteiger charge is 2.52. The van der Waals surface area contributed by atoms with Crippen molar-refractivity contribution in [3.8, 4) is 0 Å². The summed E-state index contributed by atoms with van der Waals surface area (Å²) in [5.41, 5.74) is 1.78. The minimum atomic E-state index is 0.353. The lowest BCUT2D eigenvalue weighted by Crippen LogP contribution is -2.24. The molecule has 2 rings (SSSR count). The monoisotopic (exact) mass is 235 g/mol. The summed E-state index contributed by atoms with van der Waals surface area (Å²) < 4.78 is 5.65. The Balaban J connectivity index is 1.93. The van der Waals surface area contributed by atoms with Gasteiger partial charge in [0.2, 0.25) is 0 Å². The molecule has 0 amide bonds. The van der Waals surface area contributed by atoms with Crippen molar-refractivity contribution < 1.29 is 4.42 Å². The van der Waals surface area contributed by atoms with Crippen LogP contribution in [0.1, 0.15) is 44.3 Å². The Morgan fingerprint density at radius 1 is 1.47 bits per heavy atom. The molecule has 1 aromatic rings. The molecule has 0 radical (unpaired) electrons. The molecule has 1 aliphatic carbocycles. The van der Waals surface area contributed by atoms with Gasteiger partial charge in [-0.15, -0.1) is 0 Å². The van der Waals surface area contributed by atoms with E-state index in [4.69, 9.17) is 4.42 Å². The number of hydrogen-bond donors (Lipinski definition) is 1. The number of rotatable bonds is 5. The molecule has 1 heterocycles. The first kappa shape index (κ1) is 12.7. The van der Waals surface area contributed by atoms with Crippen LogP contribution in [-0.4, -0.2) is 13.1 Å². The van der Waals surface area contributed by atoms with E-state index in [1.165, 1.54) is 12.0 Å². The molecule has 0 saturated heterocycles. The molecule has 1 aliphatic rings. The SMILES string of the molecule is Cc1cc(C2(C)CC2CNCC(C)C)c(C)o1. The summed E-state index contributed by atoms with van der Waals surface area (Å²) in [5.74, 6) is 3.66. The third kappa shape index (κ3) is 2.57. The quantitative estimate of drug-likeness (QED) is 0.846. The molecule has 0 aliphatic heterocycles. The molecule has 17 heavy (non-hydrogen) atoms. The Bertz CT molecular complexity index is 394. The lowest BCUT2D eigenvalue weighted by Gasteiger charge is -2.12. The molecule has 1 N–H and O–H groups in total. The molecular formula is C15H25NO. The topological polar surface area (TPSA) is 25.2 Å². The maximum Gasteiger partial charge on any atom is 0.104 e. The van der Waals surface area contributed by atoms with Gasteiger partial charge in [-0.25, -0.2) is 0 Å². The highest BCUT2D eigenvalue weighted by Crippen LogP contribution is 2.54. The number of furan rings is 1. The van der Waals surface area contributed by atoms with Gasteiger partial charge in [-0.2, -0.15) is 0 Å². The Hall–Kier alpha value is -0.760. The van der Waals surface area contributed by atoms with Crippen molar-refractivity contribution in [2.45, 2.75) is 46.5 Å². The van der Waals surface area contributed by atoms with Crippen LogP contribution in [0.25, 0.3) is 0 Å². The zero-order valence-corrected chi connectivity index (χ0v) is 11.8. The summed E-state index contributed by atoms with van der Waals surface area (Å²) >= 11 is 0. The van der Waals surface area contributed by atoms with Crippen LogP contribution in [-0.2, 0) is 5.41 Å². The second-order valence-corrected chi connectivity index (χ2v) is 6.20. The Kier molecular flexibility index (Phi) is 3.35. The van der Waals surface area contributed by atoms with Gasteiger partial charge in [0.05, 0.1) is 0 Å². The first-order valence-corrected chi connectivity index (χ1v) is 6.71. The Labute approximate surface area is 105 Å². The van der Waals surface area contributed by atoms with Crippen LogP contribution >= 0.6 is 0 Å². The van der Waals surface area contributed by atoms with Crippen LogP contribution in [0, 0.1) is 25.7 Å². The highest BCUT2D eigenvalue weighted by molar-refractivity contribution is 5.36. The second kappa shape index (κ2) is 4.49. The lowest BCUT2D eigenvalue weighted by molar-refractivity contribution is 0.488. The van der Waals surface area contributed by atoms with E-state index in [1.807, 2.05) is 6.92 Å². The highest BCUT2D eigenvalue weighted by atomic mass is 16.3. The van der Waals surface area contributed by atoms with Gasteiger partial charge in [0, 0.05) is 5.41 Å². The molecule has 2 unspecified atom stereocenters. The Morgan fingerprint density at radius 3 is 2.71 bits per heavy atom. The number of nitrogens with one attached hydrogen (secondary N) is 1. The van der Waals surface area contributed by atoms with Gasteiger partial charge in [-0.05, 0) is 56.8 Å². The largest absolute Gasteiger partial charge is 0.466 e. The predicted molar refractivity (Wildman–Crippen MR) is 71.3 cm³/mol. The maximum atomic E-state index is 5.65. The lowest BCUT2D eigenvalue weighted by atomic mass is 9.95. The second-order valence-electron chi connectivity index (χ2n) is 6.20. The van der Waals surface area contributed by atoms with Gasteiger partial charge in [0.25, 0.3) is 0 Å². The molecule has 96 valence electrons. The van der Waals surface area contributed by atoms with Crippen LogP contribution in [0.5, 0.6) is 0 Å². The van der Waals surface area contributed by atoms with Gasteiger partial charge in [-0.1, -0.05) is 20.8 Å². The standard InChI is InChI=1S/C15H25NO/c1-10(2)8-16-9-13-7-15(13,5)14-6-11(3)17-12(14)4/h6,10,13,16H,7-9H2,1-5H3. The third-order valence-corrected chi connectivity index (χ3v) is 4.01. The minimum Gasteiger partial charge on any atom is -0.466 e. The van der Waals surface area contributed by atoms with E-state index >= 15 is 0 Å². The Morgan fingerprint density at radius 2 is 2.18 bits per heavy atom. The molecule has 1 fully saturated rings. The van der Waals surface area contributed by atoms with E-state index in [0.717, 1.165) is 36.4 Å². The average Bonchev–Trinajstić information content (AvgIpc) is 2.72. The van der Waals surface area contributed by atoms with E-state index in [1.54, 1.807) is 0 Å². The van der Waals surface area contributed by atoms with Gasteiger partial charge < -0.3 is 9.73 Å². The van der Waals surface area contributed by atoms with Gasteiger partial charge in [-0.3, -0.25) is 0 Å². The van der Waals surface area contributed by atoms with Crippen LogP contribution in [0.4, 0.5) is 0 Å². The van der Waals surface area contributed by atoms with Crippen molar-refractivity contribution in [3.05, 3.63) is 23.2 Å². The fourth-order valence-corrected chi connectivity index (χ4v) is 2.82. The van der Waals surface area contributed by atoms with Crippen molar-refractivity contribution in [1.82, 2.24) is 5.32 Å². The summed E-state index contributed by atoms with van der Waals surface area (Å²) in [7, 11) is 0. The third-order valence-electron chi connectivity index (χ3n) is 4.01. The van der Waals surface area contributed by atoms with Gasteiger partial charge >= 0.3 is 0 Å². The van der Waals surface area contributed by atoms with Crippen molar-refractivity contribution >= 4 is 0 Å². The van der Waals surface area contributed by atoms with Gasteiger partial charge in [0.1, 0.15) is 11.5 Å². The van der Waals surface area contributed by atoms with Crippen LogP contribution in [0.3, 0.4) is 0 Å². The molecule has 2 nitrogen and oxygen atoms in total. The maximum absolute atomic E-state index is 5.65. The van der Waals surface area contributed by atoms with Crippen LogP contribution < -0.4 is 5.32 Å². The van der Waals surface area contributed by atoms with E-state index in [2.05, 4.69) is 39.1 Å². The molecule has 2 atom stereocenters. The van der Waals surface area contributed by atoms with Crippen molar-refractivity contribution in [3.63, 3.8) is 0 Å². The predicted octanol–water partition coefficient (Wildman–Crippen LogP) is 3.42. The smallest absolute Gasteiger partial charge is 0.104 e. The van der Waals surface area contributed by atoms with Gasteiger partial charge in [0.15, 0.2) is 0 Å². The van der Waals surface area contributed by atoms with E-state index in [0.29, 0.717) is 5.41 Å². The zero-order valence-electron chi connectivity index (χ0n) is 11.8. The summed E-state index contributed by atoms with van der Waals surface area (Å²) in [6.45, 7) is 13.3. The first-order chi connectivity index (χ1) is 7.93. The molecular weight excluding hydrogens is 210 g/mol. The van der Waals surface area contributed by atoms with Crippen LogP contribution in [0.15, 0.2) is 10.5 Å². The molecule has 0 spiro atoms. The number of hydrogen-bond acceptors (Lipinski definition) is 2. The fourth-order valence-electron chi connectivity index (χ4n) is 2.82. The van der Waals surface area contributed by atoms with Crippen LogP contribution in [0.2, 0.25) is 0 Å². The molecule has 2 heteroatoms. The molecule has 0 aromatic carbocycles. The van der Waals surface area contributed by atoms with E-state index in [-0.39, 0.29) is 0 Å². The number of aryl methyl sites for hydroxylation is 2. The molecule has 0 bridgehead atoms. The minimum absolute atomic E-state index is 0.353. The van der Waals surface area contributed by atoms with E-state index < -0.39 is 0 Å². The fraction of sp³-hybridized carbons (Fsp3) is 0.733. The van der Waals surface area contributed by atoms with E-state index in [9.17, 15) is 0 Å². The molecule has 1 saturated carbocycles.